The molecule has 1 aliphatic rings. The molecule has 1 atom stereocenters. The van der Waals surface area contributed by atoms with Crippen molar-refractivity contribution in [1.29, 1.82) is 0 Å². The third kappa shape index (κ3) is 8.53. The van der Waals surface area contributed by atoms with E-state index in [9.17, 15) is 18.0 Å². The van der Waals surface area contributed by atoms with Gasteiger partial charge in [-0.3, -0.25) is 13.9 Å². The Hall–Kier alpha value is -4.43. The van der Waals surface area contributed by atoms with Crippen LogP contribution in [0, 0.1) is 27.7 Å². The molecule has 0 spiro atoms. The molecule has 0 radical (unpaired) electrons. The van der Waals surface area contributed by atoms with Crippen molar-refractivity contribution < 1.29 is 18.0 Å². The van der Waals surface area contributed by atoms with Gasteiger partial charge in [0, 0.05) is 19.0 Å². The molecule has 1 N–H and O–H groups in total. The second-order valence-electron chi connectivity index (χ2n) is 13.1. The van der Waals surface area contributed by atoms with Crippen molar-refractivity contribution in [1.82, 2.24) is 10.2 Å². The summed E-state index contributed by atoms with van der Waals surface area (Å²) in [7, 11) is -4.16. The van der Waals surface area contributed by atoms with Crippen LogP contribution in [0.25, 0.3) is 0 Å². The lowest BCUT2D eigenvalue weighted by Crippen LogP contribution is -2.55. The van der Waals surface area contributed by atoms with E-state index in [2.05, 4.69) is 5.32 Å². The highest BCUT2D eigenvalue weighted by Crippen LogP contribution is 2.30. The third-order valence-electron chi connectivity index (χ3n) is 9.39. The number of sulfonamides is 1. The second kappa shape index (κ2) is 15.6. The Morgan fingerprint density at radius 3 is 2.12 bits per heavy atom. The number of benzene rings is 4. The maximum Gasteiger partial charge on any atom is 0.264 e. The lowest BCUT2D eigenvalue weighted by Gasteiger charge is -2.35. The number of nitrogens with zero attached hydrogens (tertiary/aromatic N) is 2. The molecule has 252 valence electrons. The molecule has 0 bridgehead atoms. The second-order valence-corrected chi connectivity index (χ2v) is 15.0. The van der Waals surface area contributed by atoms with Gasteiger partial charge in [0.1, 0.15) is 12.6 Å². The van der Waals surface area contributed by atoms with Crippen molar-refractivity contribution in [2.45, 2.75) is 89.7 Å². The summed E-state index contributed by atoms with van der Waals surface area (Å²) in [5, 5.41) is 3.27. The van der Waals surface area contributed by atoms with E-state index in [4.69, 9.17) is 0 Å². The minimum absolute atomic E-state index is 0.0498. The lowest BCUT2D eigenvalue weighted by molar-refractivity contribution is -0.140. The number of hydrogen-bond acceptors (Lipinski definition) is 4. The lowest BCUT2D eigenvalue weighted by atomic mass is 9.94. The molecule has 1 saturated carbocycles. The van der Waals surface area contributed by atoms with Crippen LogP contribution in [0.5, 0.6) is 0 Å². The molecule has 7 nitrogen and oxygen atoms in total. The number of amides is 2. The van der Waals surface area contributed by atoms with Gasteiger partial charge in [-0.15, -0.1) is 0 Å². The number of carbonyl (C=O) groups excluding carboxylic acids is 2. The summed E-state index contributed by atoms with van der Waals surface area (Å²) >= 11 is 0. The van der Waals surface area contributed by atoms with Gasteiger partial charge in [-0.25, -0.2) is 8.42 Å². The van der Waals surface area contributed by atoms with Gasteiger partial charge in [0.25, 0.3) is 10.0 Å². The fraction of sp³-hybridized carbons (Fsp3) is 0.350. The van der Waals surface area contributed by atoms with E-state index in [1.165, 1.54) is 4.31 Å². The molecule has 0 saturated heterocycles. The Bertz CT molecular complexity index is 1820. The van der Waals surface area contributed by atoms with Gasteiger partial charge in [0.15, 0.2) is 0 Å². The summed E-state index contributed by atoms with van der Waals surface area (Å²) in [4.78, 5) is 30.8. The summed E-state index contributed by atoms with van der Waals surface area (Å²) in [5.41, 5.74) is 5.86. The molecule has 4 aromatic rings. The zero-order valence-electron chi connectivity index (χ0n) is 28.5. The van der Waals surface area contributed by atoms with Crippen LogP contribution in [0.2, 0.25) is 0 Å². The summed E-state index contributed by atoms with van der Waals surface area (Å²) in [6, 6.07) is 28.9. The largest absolute Gasteiger partial charge is 0.352 e. The maximum absolute atomic E-state index is 14.8. The first-order chi connectivity index (χ1) is 23.0. The van der Waals surface area contributed by atoms with E-state index in [1.54, 1.807) is 41.3 Å². The van der Waals surface area contributed by atoms with Gasteiger partial charge in [-0.05, 0) is 81.0 Å². The Morgan fingerprint density at radius 2 is 1.44 bits per heavy atom. The van der Waals surface area contributed by atoms with Gasteiger partial charge in [-0.2, -0.15) is 0 Å². The van der Waals surface area contributed by atoms with Crippen molar-refractivity contribution in [2.75, 3.05) is 10.8 Å². The molecule has 0 aliphatic heterocycles. The Morgan fingerprint density at radius 1 is 0.771 bits per heavy atom. The first kappa shape index (κ1) is 34.9. The number of aryl methyl sites for hydroxylation is 3. The van der Waals surface area contributed by atoms with Gasteiger partial charge in [0.2, 0.25) is 11.8 Å². The van der Waals surface area contributed by atoms with Gasteiger partial charge in [-0.1, -0.05) is 109 Å². The van der Waals surface area contributed by atoms with Crippen LogP contribution in [-0.2, 0) is 32.6 Å². The van der Waals surface area contributed by atoms with Crippen LogP contribution < -0.4 is 9.62 Å². The van der Waals surface area contributed by atoms with E-state index < -0.39 is 28.5 Å². The van der Waals surface area contributed by atoms with Crippen LogP contribution in [0.15, 0.2) is 102 Å². The zero-order valence-corrected chi connectivity index (χ0v) is 29.3. The number of nitrogens with one attached hydrogen (secondary N) is 1. The Balaban J connectivity index is 1.59. The Kier molecular flexibility index (Phi) is 11.4. The summed E-state index contributed by atoms with van der Waals surface area (Å²) in [6.45, 7) is 7.37. The molecule has 8 heteroatoms. The van der Waals surface area contributed by atoms with Crippen molar-refractivity contribution >= 4 is 27.5 Å². The third-order valence-corrected chi connectivity index (χ3v) is 11.2. The normalized spacial score (nSPS) is 14.2. The molecule has 48 heavy (non-hydrogen) atoms. The molecule has 2 amide bonds. The van der Waals surface area contributed by atoms with Crippen molar-refractivity contribution in [3.8, 4) is 0 Å². The van der Waals surface area contributed by atoms with E-state index in [0.717, 1.165) is 65.5 Å². The SMILES string of the molecule is Cc1ccc(S(=O)(=O)N(CC(=O)N(Cc2cccc(C)c2)[C@H](Cc2ccccc2)C(=O)NC2CCCCC2)c2cccc(C)c2C)cc1. The first-order valence-corrected chi connectivity index (χ1v) is 18.3. The van der Waals surface area contributed by atoms with Crippen LogP contribution in [0.3, 0.4) is 0 Å². The summed E-state index contributed by atoms with van der Waals surface area (Å²) in [6.07, 6.45) is 5.38. The first-order valence-electron chi connectivity index (χ1n) is 16.9. The molecular weight excluding hydrogens is 619 g/mol. The predicted octanol–water partition coefficient (Wildman–Crippen LogP) is 7.20. The van der Waals surface area contributed by atoms with Crippen LogP contribution >= 0.6 is 0 Å². The number of hydrogen-bond donors (Lipinski definition) is 1. The predicted molar refractivity (Wildman–Crippen MR) is 192 cm³/mol. The number of carbonyl (C=O) groups is 2. The minimum Gasteiger partial charge on any atom is -0.352 e. The summed E-state index contributed by atoms with van der Waals surface area (Å²) in [5.74, 6) is -0.667. The number of rotatable bonds is 12. The smallest absolute Gasteiger partial charge is 0.264 e. The van der Waals surface area contributed by atoms with E-state index in [1.807, 2.05) is 88.4 Å². The maximum atomic E-state index is 14.8. The Labute approximate surface area is 286 Å². The molecular formula is C40H47N3O4S. The highest BCUT2D eigenvalue weighted by molar-refractivity contribution is 7.92. The van der Waals surface area contributed by atoms with Crippen molar-refractivity contribution in [3.05, 3.63) is 130 Å². The molecule has 1 aliphatic carbocycles. The van der Waals surface area contributed by atoms with Gasteiger partial charge in [0.05, 0.1) is 10.6 Å². The highest BCUT2D eigenvalue weighted by Gasteiger charge is 2.36. The fourth-order valence-electron chi connectivity index (χ4n) is 6.46. The zero-order chi connectivity index (χ0) is 34.3. The highest BCUT2D eigenvalue weighted by atomic mass is 32.2. The molecule has 0 unspecified atom stereocenters. The standard InChI is InChI=1S/C40H47N3O4S/c1-29-21-23-36(24-22-29)48(46,47)43(37-20-12-14-31(3)32(37)4)28-39(44)42(27-34-17-11-13-30(2)25-34)38(26-33-15-7-5-8-16-33)40(45)41-35-18-9-6-10-19-35/h5,7-8,11-17,20-25,35,38H,6,9-10,18-19,26-28H2,1-4H3,(H,41,45)/t38-/m1/s1. The van der Waals surface area contributed by atoms with Gasteiger partial charge < -0.3 is 10.2 Å². The quantitative estimate of drug-likeness (QED) is 0.173. The van der Waals surface area contributed by atoms with Crippen LogP contribution in [-0.4, -0.2) is 43.8 Å². The van der Waals surface area contributed by atoms with E-state index >= 15 is 0 Å². The average molecular weight is 666 g/mol. The minimum atomic E-state index is -4.16. The molecule has 0 heterocycles. The monoisotopic (exact) mass is 665 g/mol. The topological polar surface area (TPSA) is 86.8 Å². The van der Waals surface area contributed by atoms with Crippen molar-refractivity contribution in [2.24, 2.45) is 0 Å². The molecule has 0 aromatic heterocycles. The number of anilines is 1. The van der Waals surface area contributed by atoms with Crippen molar-refractivity contribution in [3.63, 3.8) is 0 Å². The molecule has 1 fully saturated rings. The average Bonchev–Trinajstić information content (AvgIpc) is 3.07. The van der Waals surface area contributed by atoms with E-state index in [-0.39, 0.29) is 23.4 Å². The summed E-state index contributed by atoms with van der Waals surface area (Å²) < 4.78 is 30.0. The van der Waals surface area contributed by atoms with E-state index in [0.29, 0.717) is 12.1 Å². The molecule has 4 aromatic carbocycles. The fourth-order valence-corrected chi connectivity index (χ4v) is 7.93. The van der Waals surface area contributed by atoms with Gasteiger partial charge >= 0.3 is 0 Å². The molecule has 5 rings (SSSR count). The van der Waals surface area contributed by atoms with Crippen LogP contribution in [0.4, 0.5) is 5.69 Å². The van der Waals surface area contributed by atoms with Crippen LogP contribution in [0.1, 0.15) is 65.5 Å².